The molecule has 0 radical (unpaired) electrons. The lowest BCUT2D eigenvalue weighted by Crippen LogP contribution is -2.14. The average Bonchev–Trinajstić information content (AvgIpc) is 2.76. The molecule has 1 atom stereocenters. The standard InChI is InChI=1S/C15H17BrOS/c1-3-4-10-7-17-8-12-13(10)14-11(16)6-5-9(2)15(14)18-12/h5-6,10H,3-4,7-8H2,1-2H3. The first kappa shape index (κ1) is 12.6. The van der Waals surface area contributed by atoms with Gasteiger partial charge in [0, 0.05) is 25.4 Å². The number of fused-ring (bicyclic) bond motifs is 3. The third-order valence-corrected chi connectivity index (χ3v) is 5.67. The van der Waals surface area contributed by atoms with Gasteiger partial charge in [-0.05, 0) is 30.5 Å². The Balaban J connectivity index is 2.27. The van der Waals surface area contributed by atoms with Crippen LogP contribution in [0.3, 0.4) is 0 Å². The molecule has 1 aromatic heterocycles. The molecular weight excluding hydrogens is 308 g/mol. The molecule has 96 valence electrons. The molecule has 3 heteroatoms. The molecule has 0 aliphatic carbocycles. The van der Waals surface area contributed by atoms with E-state index in [1.54, 1.807) is 5.56 Å². The predicted molar refractivity (Wildman–Crippen MR) is 81.6 cm³/mol. The lowest BCUT2D eigenvalue weighted by molar-refractivity contribution is 0.0919. The first-order valence-electron chi connectivity index (χ1n) is 6.50. The van der Waals surface area contributed by atoms with Crippen LogP contribution in [0, 0.1) is 6.92 Å². The fourth-order valence-corrected chi connectivity index (χ4v) is 4.85. The minimum Gasteiger partial charge on any atom is -0.375 e. The van der Waals surface area contributed by atoms with Gasteiger partial charge in [-0.25, -0.2) is 0 Å². The van der Waals surface area contributed by atoms with E-state index in [1.807, 2.05) is 11.3 Å². The van der Waals surface area contributed by atoms with Crippen molar-refractivity contribution in [1.82, 2.24) is 0 Å². The van der Waals surface area contributed by atoms with E-state index in [-0.39, 0.29) is 0 Å². The lowest BCUT2D eigenvalue weighted by Gasteiger charge is -2.23. The summed E-state index contributed by atoms with van der Waals surface area (Å²) in [5.74, 6) is 0.575. The zero-order valence-corrected chi connectivity index (χ0v) is 13.2. The third kappa shape index (κ3) is 1.93. The summed E-state index contributed by atoms with van der Waals surface area (Å²) in [4.78, 5) is 1.43. The molecule has 0 spiro atoms. The van der Waals surface area contributed by atoms with E-state index in [2.05, 4.69) is 41.9 Å². The Labute approximate surface area is 120 Å². The Kier molecular flexibility index (Phi) is 3.48. The second kappa shape index (κ2) is 4.95. The highest BCUT2D eigenvalue weighted by Crippen LogP contribution is 2.45. The van der Waals surface area contributed by atoms with Crippen molar-refractivity contribution in [3.8, 4) is 0 Å². The molecular formula is C15H17BrOS. The van der Waals surface area contributed by atoms with Gasteiger partial charge in [-0.3, -0.25) is 0 Å². The molecule has 2 heterocycles. The molecule has 1 aliphatic heterocycles. The van der Waals surface area contributed by atoms with E-state index in [1.165, 1.54) is 37.8 Å². The van der Waals surface area contributed by atoms with E-state index in [9.17, 15) is 0 Å². The fraction of sp³-hybridized carbons (Fsp3) is 0.467. The van der Waals surface area contributed by atoms with Gasteiger partial charge >= 0.3 is 0 Å². The van der Waals surface area contributed by atoms with Crippen molar-refractivity contribution in [2.75, 3.05) is 6.61 Å². The van der Waals surface area contributed by atoms with Crippen LogP contribution in [0.2, 0.25) is 0 Å². The van der Waals surface area contributed by atoms with Gasteiger partial charge in [0.05, 0.1) is 13.2 Å². The van der Waals surface area contributed by atoms with Crippen molar-refractivity contribution >= 4 is 37.4 Å². The first-order valence-corrected chi connectivity index (χ1v) is 8.11. The maximum absolute atomic E-state index is 5.77. The molecule has 0 bridgehead atoms. The number of benzene rings is 1. The number of hydrogen-bond acceptors (Lipinski definition) is 2. The molecule has 1 unspecified atom stereocenters. The van der Waals surface area contributed by atoms with Crippen molar-refractivity contribution in [2.24, 2.45) is 0 Å². The Morgan fingerprint density at radius 3 is 3.06 bits per heavy atom. The van der Waals surface area contributed by atoms with Gasteiger partial charge in [0.15, 0.2) is 0 Å². The SMILES string of the molecule is CCCC1COCc2sc3c(C)ccc(Br)c3c21. The Hall–Kier alpha value is -0.380. The minimum atomic E-state index is 0.575. The van der Waals surface area contributed by atoms with E-state index in [0.29, 0.717) is 5.92 Å². The molecule has 0 saturated carbocycles. The van der Waals surface area contributed by atoms with E-state index >= 15 is 0 Å². The molecule has 0 saturated heterocycles. The number of aryl methyl sites for hydroxylation is 1. The summed E-state index contributed by atoms with van der Waals surface area (Å²) in [6.45, 7) is 6.13. The van der Waals surface area contributed by atoms with E-state index in [0.717, 1.165) is 13.2 Å². The third-order valence-electron chi connectivity index (χ3n) is 3.70. The summed E-state index contributed by atoms with van der Waals surface area (Å²) < 4.78 is 8.44. The number of thiophene rings is 1. The zero-order chi connectivity index (χ0) is 12.7. The van der Waals surface area contributed by atoms with Crippen LogP contribution in [0.1, 0.15) is 41.7 Å². The molecule has 0 fully saturated rings. The highest BCUT2D eigenvalue weighted by atomic mass is 79.9. The lowest BCUT2D eigenvalue weighted by atomic mass is 9.91. The summed E-state index contributed by atoms with van der Waals surface area (Å²) >= 11 is 5.65. The fourth-order valence-electron chi connectivity index (χ4n) is 2.86. The van der Waals surface area contributed by atoms with Crippen LogP contribution in [-0.2, 0) is 11.3 Å². The van der Waals surface area contributed by atoms with Gasteiger partial charge in [-0.15, -0.1) is 11.3 Å². The maximum atomic E-state index is 5.77. The quantitative estimate of drug-likeness (QED) is 0.720. The van der Waals surface area contributed by atoms with Crippen molar-refractivity contribution in [1.29, 1.82) is 0 Å². The Bertz CT molecular complexity index is 588. The van der Waals surface area contributed by atoms with Crippen LogP contribution >= 0.6 is 27.3 Å². The second-order valence-corrected chi connectivity index (χ2v) is 6.97. The Morgan fingerprint density at radius 1 is 1.44 bits per heavy atom. The topological polar surface area (TPSA) is 9.23 Å². The summed E-state index contributed by atoms with van der Waals surface area (Å²) in [7, 11) is 0. The maximum Gasteiger partial charge on any atom is 0.0812 e. The van der Waals surface area contributed by atoms with Crippen LogP contribution in [-0.4, -0.2) is 6.61 Å². The number of ether oxygens (including phenoxy) is 1. The molecule has 2 aromatic rings. The first-order chi connectivity index (χ1) is 8.72. The molecule has 1 aliphatic rings. The van der Waals surface area contributed by atoms with Crippen molar-refractivity contribution in [3.63, 3.8) is 0 Å². The number of rotatable bonds is 2. The van der Waals surface area contributed by atoms with Crippen molar-refractivity contribution < 1.29 is 4.74 Å². The largest absolute Gasteiger partial charge is 0.375 e. The summed E-state index contributed by atoms with van der Waals surface area (Å²) in [6.07, 6.45) is 2.44. The average molecular weight is 325 g/mol. The van der Waals surface area contributed by atoms with Gasteiger partial charge in [-0.1, -0.05) is 35.3 Å². The Morgan fingerprint density at radius 2 is 2.28 bits per heavy atom. The molecule has 18 heavy (non-hydrogen) atoms. The molecule has 1 nitrogen and oxygen atoms in total. The second-order valence-electron chi connectivity index (χ2n) is 5.01. The van der Waals surface area contributed by atoms with Crippen molar-refractivity contribution in [3.05, 3.63) is 32.6 Å². The van der Waals surface area contributed by atoms with Crippen LogP contribution in [0.5, 0.6) is 0 Å². The zero-order valence-electron chi connectivity index (χ0n) is 10.8. The van der Waals surface area contributed by atoms with E-state index in [4.69, 9.17) is 4.74 Å². The molecule has 3 rings (SSSR count). The molecule has 0 N–H and O–H groups in total. The summed E-state index contributed by atoms with van der Waals surface area (Å²) in [5.41, 5.74) is 2.93. The highest BCUT2D eigenvalue weighted by molar-refractivity contribution is 9.10. The normalized spacial score (nSPS) is 19.2. The van der Waals surface area contributed by atoms with Crippen LogP contribution in [0.4, 0.5) is 0 Å². The molecule has 1 aromatic carbocycles. The number of hydrogen-bond donors (Lipinski definition) is 0. The summed E-state index contributed by atoms with van der Waals surface area (Å²) in [6, 6.07) is 4.38. The van der Waals surface area contributed by atoms with Gasteiger partial charge in [-0.2, -0.15) is 0 Å². The number of halogens is 1. The van der Waals surface area contributed by atoms with Gasteiger partial charge < -0.3 is 4.74 Å². The van der Waals surface area contributed by atoms with Crippen LogP contribution in [0.15, 0.2) is 16.6 Å². The van der Waals surface area contributed by atoms with E-state index < -0.39 is 0 Å². The smallest absolute Gasteiger partial charge is 0.0812 e. The van der Waals surface area contributed by atoms with Crippen LogP contribution < -0.4 is 0 Å². The van der Waals surface area contributed by atoms with Gasteiger partial charge in [0.1, 0.15) is 0 Å². The highest BCUT2D eigenvalue weighted by Gasteiger charge is 2.26. The molecule has 0 amide bonds. The van der Waals surface area contributed by atoms with Gasteiger partial charge in [0.2, 0.25) is 0 Å². The predicted octanol–water partition coefficient (Wildman–Crippen LogP) is 5.39. The summed E-state index contributed by atoms with van der Waals surface area (Å²) in [5, 5.41) is 1.44. The monoisotopic (exact) mass is 324 g/mol. The minimum absolute atomic E-state index is 0.575. The van der Waals surface area contributed by atoms with Crippen molar-refractivity contribution in [2.45, 2.75) is 39.2 Å². The van der Waals surface area contributed by atoms with Gasteiger partial charge in [0.25, 0.3) is 0 Å². The van der Waals surface area contributed by atoms with Crippen LogP contribution in [0.25, 0.3) is 10.1 Å².